The van der Waals surface area contributed by atoms with Gasteiger partial charge in [0.15, 0.2) is 11.5 Å². The summed E-state index contributed by atoms with van der Waals surface area (Å²) >= 11 is 0. The Hall–Kier alpha value is -3.09. The number of phenolic OH excluding ortho intramolecular Hbond substituents is 3. The second kappa shape index (κ2) is 7.31. The molecule has 5 atom stereocenters. The first-order chi connectivity index (χ1) is 14.2. The predicted molar refractivity (Wildman–Crippen MR) is 99.4 cm³/mol. The fraction of sp³-hybridized carbons (Fsp3) is 0.316. The average Bonchev–Trinajstić information content (AvgIpc) is 2.69. The fourth-order valence-corrected chi connectivity index (χ4v) is 3.39. The van der Waals surface area contributed by atoms with Gasteiger partial charge in [0, 0.05) is 12.1 Å². The quantitative estimate of drug-likeness (QED) is 0.263. The molecule has 0 radical (unpaired) electrons. The predicted octanol–water partition coefficient (Wildman–Crippen LogP) is -0.758. The lowest BCUT2D eigenvalue weighted by atomic mass is 9.99. The highest BCUT2D eigenvalue weighted by Gasteiger charge is 2.45. The summed E-state index contributed by atoms with van der Waals surface area (Å²) in [6.45, 7) is -0.698. The smallest absolute Gasteiger partial charge is 0.229 e. The van der Waals surface area contributed by atoms with Gasteiger partial charge in [0.1, 0.15) is 57.9 Å². The van der Waals surface area contributed by atoms with E-state index in [-0.39, 0.29) is 27.7 Å². The highest BCUT2D eigenvalue weighted by molar-refractivity contribution is 5.97. The van der Waals surface area contributed by atoms with Gasteiger partial charge in [-0.05, 0) is 12.1 Å². The number of aliphatic hydroxyl groups is 4. The first kappa shape index (κ1) is 20.2. The summed E-state index contributed by atoms with van der Waals surface area (Å²) < 4.78 is 16.2. The molecule has 0 saturated carbocycles. The molecular formula is C19H18O11. The normalized spacial score (nSPS) is 26.9. The number of hydrogen-bond donors (Lipinski definition) is 7. The van der Waals surface area contributed by atoms with E-state index in [2.05, 4.69) is 0 Å². The molecule has 0 aliphatic carbocycles. The largest absolute Gasteiger partial charge is 0.508 e. The van der Waals surface area contributed by atoms with E-state index in [1.165, 1.54) is 6.07 Å². The molecule has 3 aromatic rings. The van der Waals surface area contributed by atoms with Crippen molar-refractivity contribution < 1.29 is 49.6 Å². The van der Waals surface area contributed by atoms with Crippen LogP contribution in [0.4, 0.5) is 0 Å². The summed E-state index contributed by atoms with van der Waals surface area (Å²) in [5.41, 5.74) is -0.997. The second-order valence-electron chi connectivity index (χ2n) is 6.87. The summed E-state index contributed by atoms with van der Waals surface area (Å²) in [6.07, 6.45) is -8.07. The lowest BCUT2D eigenvalue weighted by Gasteiger charge is -2.39. The molecule has 2 aromatic carbocycles. The molecule has 4 rings (SSSR count). The molecule has 0 spiro atoms. The number of ether oxygens (including phenoxy) is 2. The van der Waals surface area contributed by atoms with Crippen LogP contribution in [0.1, 0.15) is 0 Å². The van der Waals surface area contributed by atoms with E-state index in [0.29, 0.717) is 0 Å². The monoisotopic (exact) mass is 422 g/mol. The van der Waals surface area contributed by atoms with Crippen molar-refractivity contribution in [3.05, 3.63) is 34.5 Å². The third-order valence-corrected chi connectivity index (χ3v) is 4.92. The van der Waals surface area contributed by atoms with E-state index in [9.17, 15) is 40.5 Å². The lowest BCUT2D eigenvalue weighted by Crippen LogP contribution is -2.60. The van der Waals surface area contributed by atoms with Crippen molar-refractivity contribution in [1.82, 2.24) is 0 Å². The molecule has 1 aromatic heterocycles. The second-order valence-corrected chi connectivity index (χ2v) is 6.87. The zero-order chi connectivity index (χ0) is 21.7. The SMILES string of the molecule is O=c1c2c(O)cc(O)cc2oc2ccc(O)c(O[C@H]3O[C@H](CO)[C@H](O)[C@@H](O)[C@H]3O)c12. The number of hydrogen-bond acceptors (Lipinski definition) is 11. The zero-order valence-corrected chi connectivity index (χ0v) is 15.2. The van der Waals surface area contributed by atoms with E-state index in [4.69, 9.17) is 13.9 Å². The Kier molecular flexibility index (Phi) is 4.92. The van der Waals surface area contributed by atoms with Crippen molar-refractivity contribution in [2.75, 3.05) is 6.61 Å². The topological polar surface area (TPSA) is 190 Å². The summed E-state index contributed by atoms with van der Waals surface area (Å²) in [7, 11) is 0. The molecule has 0 bridgehead atoms. The van der Waals surface area contributed by atoms with Crippen LogP contribution < -0.4 is 10.2 Å². The third-order valence-electron chi connectivity index (χ3n) is 4.92. The van der Waals surface area contributed by atoms with Gasteiger partial charge in [-0.1, -0.05) is 0 Å². The van der Waals surface area contributed by atoms with Crippen LogP contribution >= 0.6 is 0 Å². The van der Waals surface area contributed by atoms with Crippen molar-refractivity contribution in [1.29, 1.82) is 0 Å². The van der Waals surface area contributed by atoms with Gasteiger partial charge in [0.05, 0.1) is 6.61 Å². The minimum atomic E-state index is -1.78. The molecule has 1 fully saturated rings. The van der Waals surface area contributed by atoms with Gasteiger partial charge in [0.2, 0.25) is 11.7 Å². The number of rotatable bonds is 3. The zero-order valence-electron chi connectivity index (χ0n) is 15.2. The molecule has 0 amide bonds. The number of aliphatic hydroxyl groups excluding tert-OH is 4. The van der Waals surface area contributed by atoms with Crippen LogP contribution in [0.2, 0.25) is 0 Å². The first-order valence-electron chi connectivity index (χ1n) is 8.84. The average molecular weight is 422 g/mol. The summed E-state index contributed by atoms with van der Waals surface area (Å²) in [5.74, 6) is -1.91. The molecule has 1 aliphatic heterocycles. The molecule has 160 valence electrons. The lowest BCUT2D eigenvalue weighted by molar-refractivity contribution is -0.277. The van der Waals surface area contributed by atoms with Gasteiger partial charge in [-0.3, -0.25) is 4.79 Å². The van der Waals surface area contributed by atoms with Gasteiger partial charge < -0.3 is 49.6 Å². The first-order valence-corrected chi connectivity index (χ1v) is 8.84. The van der Waals surface area contributed by atoms with Gasteiger partial charge in [-0.2, -0.15) is 0 Å². The van der Waals surface area contributed by atoms with E-state index in [1.54, 1.807) is 0 Å². The molecule has 7 N–H and O–H groups in total. The van der Waals surface area contributed by atoms with Crippen molar-refractivity contribution in [2.24, 2.45) is 0 Å². The maximum Gasteiger partial charge on any atom is 0.229 e. The summed E-state index contributed by atoms with van der Waals surface area (Å²) in [4.78, 5) is 13.0. The minimum Gasteiger partial charge on any atom is -0.508 e. The van der Waals surface area contributed by atoms with E-state index >= 15 is 0 Å². The molecule has 1 saturated heterocycles. The molecule has 1 aliphatic rings. The summed E-state index contributed by atoms with van der Waals surface area (Å²) in [5, 5.41) is 68.6. The maximum atomic E-state index is 13.0. The Labute approximate surface area is 167 Å². The molecule has 11 nitrogen and oxygen atoms in total. The Morgan fingerprint density at radius 3 is 2.33 bits per heavy atom. The Morgan fingerprint density at radius 1 is 0.900 bits per heavy atom. The van der Waals surface area contributed by atoms with Crippen LogP contribution in [0.15, 0.2) is 33.5 Å². The minimum absolute atomic E-state index is 0.0742. The standard InChI is InChI=1S/C19H18O11/c20-5-11-14(24)16(26)17(27)19(29-11)30-18-7(22)1-2-9-13(18)15(25)12-8(23)3-6(21)4-10(12)28-9/h1-4,11,14,16-17,19-24,26-27H,5H2/t11-,14+,16-,17-,19-/m1/s1. The van der Waals surface area contributed by atoms with Crippen molar-refractivity contribution in [2.45, 2.75) is 30.7 Å². The van der Waals surface area contributed by atoms with Gasteiger partial charge in [0.25, 0.3) is 0 Å². The van der Waals surface area contributed by atoms with Crippen LogP contribution in [-0.4, -0.2) is 73.1 Å². The molecule has 2 heterocycles. The molecule has 0 unspecified atom stereocenters. The van der Waals surface area contributed by atoms with Crippen LogP contribution in [0.5, 0.6) is 23.0 Å². The Balaban J connectivity index is 1.88. The summed E-state index contributed by atoms with van der Waals surface area (Å²) in [6, 6.07) is 4.46. The van der Waals surface area contributed by atoms with E-state index in [1.807, 2.05) is 0 Å². The van der Waals surface area contributed by atoms with Crippen LogP contribution in [0.25, 0.3) is 21.9 Å². The van der Waals surface area contributed by atoms with Crippen LogP contribution in [-0.2, 0) is 4.74 Å². The number of aromatic hydroxyl groups is 3. The van der Waals surface area contributed by atoms with E-state index < -0.39 is 60.0 Å². The van der Waals surface area contributed by atoms with Gasteiger partial charge >= 0.3 is 0 Å². The molecule has 11 heteroatoms. The Morgan fingerprint density at radius 2 is 1.63 bits per heavy atom. The van der Waals surface area contributed by atoms with Crippen LogP contribution in [0.3, 0.4) is 0 Å². The van der Waals surface area contributed by atoms with Gasteiger partial charge in [-0.15, -0.1) is 0 Å². The highest BCUT2D eigenvalue weighted by Crippen LogP contribution is 2.38. The number of phenols is 3. The van der Waals surface area contributed by atoms with Crippen LogP contribution in [0, 0.1) is 0 Å². The maximum absolute atomic E-state index is 13.0. The fourth-order valence-electron chi connectivity index (χ4n) is 3.39. The third kappa shape index (κ3) is 3.09. The van der Waals surface area contributed by atoms with E-state index in [0.717, 1.165) is 18.2 Å². The van der Waals surface area contributed by atoms with Crippen molar-refractivity contribution in [3.8, 4) is 23.0 Å². The number of benzene rings is 2. The highest BCUT2D eigenvalue weighted by atomic mass is 16.7. The van der Waals surface area contributed by atoms with Crippen molar-refractivity contribution >= 4 is 21.9 Å². The van der Waals surface area contributed by atoms with Crippen molar-refractivity contribution in [3.63, 3.8) is 0 Å². The Bertz CT molecular complexity index is 1170. The molecule has 30 heavy (non-hydrogen) atoms. The number of fused-ring (bicyclic) bond motifs is 2. The molecular weight excluding hydrogens is 404 g/mol. The van der Waals surface area contributed by atoms with Gasteiger partial charge in [-0.25, -0.2) is 0 Å².